The van der Waals surface area contributed by atoms with Gasteiger partial charge in [-0.25, -0.2) is 4.98 Å². The molecule has 6 nitrogen and oxygen atoms in total. The Morgan fingerprint density at radius 3 is 2.96 bits per heavy atom. The minimum absolute atomic E-state index is 0.0920. The summed E-state index contributed by atoms with van der Waals surface area (Å²) in [5.74, 6) is 1.36. The maximum atomic E-state index is 12.7. The fourth-order valence-corrected chi connectivity index (χ4v) is 3.53. The van der Waals surface area contributed by atoms with Crippen molar-refractivity contribution in [1.29, 1.82) is 0 Å². The molecule has 0 bridgehead atoms. The number of rotatable bonds is 4. The number of fused-ring (bicyclic) bond motifs is 1. The average molecular weight is 369 g/mol. The molecule has 0 fully saturated rings. The number of likely N-dealkylation sites (N-methyl/N-ethyl adjacent to an activating group) is 1. The van der Waals surface area contributed by atoms with Crippen LogP contribution in [0.25, 0.3) is 11.3 Å². The molecule has 3 aromatic rings. The first-order chi connectivity index (χ1) is 12.6. The van der Waals surface area contributed by atoms with Gasteiger partial charge in [0.25, 0.3) is 5.91 Å². The van der Waals surface area contributed by atoms with E-state index in [0.717, 1.165) is 22.0 Å². The zero-order chi connectivity index (χ0) is 18.1. The molecule has 0 aliphatic carbocycles. The summed E-state index contributed by atoms with van der Waals surface area (Å²) in [6, 6.07) is 9.39. The van der Waals surface area contributed by atoms with E-state index < -0.39 is 0 Å². The van der Waals surface area contributed by atoms with Crippen LogP contribution in [0.3, 0.4) is 0 Å². The standard InChI is InChI=1S/C19H19N3O3S/c1-12-21-16(11-26-12)13-7-15(20-8-13)19(23)22(2)9-14-10-24-17-5-3-4-6-18(17)25-14/h3-8,11,14,20H,9-10H2,1-2H3/t14-/m0/s1. The number of H-pyrrole nitrogens is 1. The van der Waals surface area contributed by atoms with Gasteiger partial charge in [-0.2, -0.15) is 0 Å². The quantitative estimate of drug-likeness (QED) is 0.766. The van der Waals surface area contributed by atoms with E-state index in [-0.39, 0.29) is 12.0 Å². The molecule has 0 radical (unpaired) electrons. The third kappa shape index (κ3) is 3.30. The Hall–Kier alpha value is -2.80. The number of nitrogens with zero attached hydrogens (tertiary/aromatic N) is 2. The third-order valence-corrected chi connectivity index (χ3v) is 4.99. The maximum absolute atomic E-state index is 12.7. The van der Waals surface area contributed by atoms with Gasteiger partial charge in [0.05, 0.1) is 17.2 Å². The highest BCUT2D eigenvalue weighted by molar-refractivity contribution is 7.09. The monoisotopic (exact) mass is 369 g/mol. The first-order valence-electron chi connectivity index (χ1n) is 8.35. The Morgan fingerprint density at radius 1 is 1.38 bits per heavy atom. The summed E-state index contributed by atoms with van der Waals surface area (Å²) < 4.78 is 11.6. The zero-order valence-corrected chi connectivity index (χ0v) is 15.4. The van der Waals surface area contributed by atoms with Gasteiger partial charge >= 0.3 is 0 Å². The van der Waals surface area contributed by atoms with Crippen LogP contribution in [0.2, 0.25) is 0 Å². The first kappa shape index (κ1) is 16.7. The lowest BCUT2D eigenvalue weighted by Gasteiger charge is -2.29. The molecular weight excluding hydrogens is 350 g/mol. The van der Waals surface area contributed by atoms with E-state index in [1.807, 2.05) is 48.8 Å². The number of thiazole rings is 1. The summed E-state index contributed by atoms with van der Waals surface area (Å²) in [5, 5.41) is 2.99. The van der Waals surface area contributed by atoms with Crippen LogP contribution in [0.5, 0.6) is 11.5 Å². The van der Waals surface area contributed by atoms with Crippen LogP contribution in [0.15, 0.2) is 41.9 Å². The highest BCUT2D eigenvalue weighted by Gasteiger charge is 2.24. The van der Waals surface area contributed by atoms with Crippen LogP contribution >= 0.6 is 11.3 Å². The molecule has 7 heteroatoms. The Morgan fingerprint density at radius 2 is 2.19 bits per heavy atom. The number of nitrogens with one attached hydrogen (secondary N) is 1. The lowest BCUT2D eigenvalue weighted by molar-refractivity contribution is 0.0518. The number of aromatic amines is 1. The van der Waals surface area contributed by atoms with E-state index in [1.54, 1.807) is 23.3 Å². The number of carbonyl (C=O) groups is 1. The molecule has 1 aliphatic heterocycles. The van der Waals surface area contributed by atoms with Gasteiger partial charge in [0.1, 0.15) is 12.3 Å². The van der Waals surface area contributed by atoms with Crippen LogP contribution in [-0.4, -0.2) is 47.1 Å². The summed E-state index contributed by atoms with van der Waals surface area (Å²) in [4.78, 5) is 21.8. The second-order valence-corrected chi connectivity index (χ2v) is 7.30. The summed E-state index contributed by atoms with van der Waals surface area (Å²) in [7, 11) is 1.76. The molecule has 4 rings (SSSR count). The summed E-state index contributed by atoms with van der Waals surface area (Å²) in [6.07, 6.45) is 1.61. The maximum Gasteiger partial charge on any atom is 0.270 e. The molecule has 1 aromatic carbocycles. The van der Waals surface area contributed by atoms with Crippen molar-refractivity contribution in [3.63, 3.8) is 0 Å². The molecule has 1 N–H and O–H groups in total. The summed E-state index contributed by atoms with van der Waals surface area (Å²) in [5.41, 5.74) is 2.33. The van der Waals surface area contributed by atoms with Crippen molar-refractivity contribution >= 4 is 17.2 Å². The molecule has 0 saturated heterocycles. The van der Waals surface area contributed by atoms with Crippen molar-refractivity contribution in [1.82, 2.24) is 14.9 Å². The normalized spacial score (nSPS) is 15.7. The van der Waals surface area contributed by atoms with Crippen LogP contribution < -0.4 is 9.47 Å². The van der Waals surface area contributed by atoms with Crippen molar-refractivity contribution in [2.24, 2.45) is 0 Å². The van der Waals surface area contributed by atoms with Crippen LogP contribution in [0.1, 0.15) is 15.5 Å². The lowest BCUT2D eigenvalue weighted by atomic mass is 10.2. The number of aryl methyl sites for hydroxylation is 1. The average Bonchev–Trinajstić information content (AvgIpc) is 3.30. The Balaban J connectivity index is 1.42. The highest BCUT2D eigenvalue weighted by atomic mass is 32.1. The second kappa shape index (κ2) is 6.84. The third-order valence-electron chi connectivity index (χ3n) is 4.22. The smallest absolute Gasteiger partial charge is 0.270 e. The number of hydrogen-bond acceptors (Lipinski definition) is 5. The fourth-order valence-electron chi connectivity index (χ4n) is 2.91. The van der Waals surface area contributed by atoms with Gasteiger partial charge in [-0.15, -0.1) is 11.3 Å². The van der Waals surface area contributed by atoms with Crippen LogP contribution in [0, 0.1) is 6.92 Å². The Bertz CT molecular complexity index is 934. The van der Waals surface area contributed by atoms with Crippen molar-refractivity contribution < 1.29 is 14.3 Å². The highest BCUT2D eigenvalue weighted by Crippen LogP contribution is 2.31. The van der Waals surface area contributed by atoms with E-state index in [0.29, 0.717) is 24.6 Å². The number of carbonyl (C=O) groups excluding carboxylic acids is 1. The number of aromatic nitrogens is 2. The van der Waals surface area contributed by atoms with E-state index >= 15 is 0 Å². The minimum Gasteiger partial charge on any atom is -0.486 e. The van der Waals surface area contributed by atoms with E-state index in [9.17, 15) is 4.79 Å². The van der Waals surface area contributed by atoms with E-state index in [2.05, 4.69) is 9.97 Å². The largest absolute Gasteiger partial charge is 0.486 e. The van der Waals surface area contributed by atoms with Gasteiger partial charge in [-0.1, -0.05) is 12.1 Å². The number of hydrogen-bond donors (Lipinski definition) is 1. The van der Waals surface area contributed by atoms with Gasteiger partial charge < -0.3 is 19.4 Å². The molecule has 1 aliphatic rings. The van der Waals surface area contributed by atoms with Gasteiger partial charge in [0.15, 0.2) is 17.6 Å². The molecule has 1 atom stereocenters. The van der Waals surface area contributed by atoms with Crippen LogP contribution in [0.4, 0.5) is 0 Å². The molecule has 0 spiro atoms. The number of benzene rings is 1. The summed E-state index contributed by atoms with van der Waals surface area (Å²) in [6.45, 7) is 2.82. The fraction of sp³-hybridized carbons (Fsp3) is 0.263. The van der Waals surface area contributed by atoms with Gasteiger partial charge in [0.2, 0.25) is 0 Å². The lowest BCUT2D eigenvalue weighted by Crippen LogP contribution is -2.41. The van der Waals surface area contributed by atoms with Crippen molar-refractivity contribution in [3.05, 3.63) is 52.6 Å². The van der Waals surface area contributed by atoms with Crippen molar-refractivity contribution in [2.75, 3.05) is 20.2 Å². The van der Waals surface area contributed by atoms with Gasteiger partial charge in [-0.05, 0) is 25.1 Å². The molecule has 2 aromatic heterocycles. The predicted molar refractivity (Wildman–Crippen MR) is 100.0 cm³/mol. The first-order valence-corrected chi connectivity index (χ1v) is 9.23. The van der Waals surface area contributed by atoms with E-state index in [1.165, 1.54) is 0 Å². The Labute approximate surface area is 155 Å². The zero-order valence-electron chi connectivity index (χ0n) is 14.6. The Kier molecular flexibility index (Phi) is 4.38. The van der Waals surface area contributed by atoms with E-state index in [4.69, 9.17) is 9.47 Å². The molecular formula is C19H19N3O3S. The number of para-hydroxylation sites is 2. The number of amides is 1. The molecule has 0 saturated carbocycles. The second-order valence-electron chi connectivity index (χ2n) is 6.24. The minimum atomic E-state index is -0.200. The topological polar surface area (TPSA) is 67.5 Å². The van der Waals surface area contributed by atoms with Gasteiger partial charge in [-0.3, -0.25) is 4.79 Å². The van der Waals surface area contributed by atoms with Crippen molar-refractivity contribution in [3.8, 4) is 22.8 Å². The molecule has 26 heavy (non-hydrogen) atoms. The molecule has 0 unspecified atom stereocenters. The molecule has 134 valence electrons. The molecule has 1 amide bonds. The van der Waals surface area contributed by atoms with Crippen LogP contribution in [-0.2, 0) is 0 Å². The van der Waals surface area contributed by atoms with Gasteiger partial charge in [0, 0.05) is 24.2 Å². The SMILES string of the molecule is Cc1nc(-c2c[nH]c(C(=O)N(C)C[C@H]3COc4ccccc4O3)c2)cs1. The molecule has 3 heterocycles. The van der Waals surface area contributed by atoms with Crippen molar-refractivity contribution in [2.45, 2.75) is 13.0 Å². The summed E-state index contributed by atoms with van der Waals surface area (Å²) >= 11 is 1.59. The number of ether oxygens (including phenoxy) is 2. The predicted octanol–water partition coefficient (Wildman–Crippen LogP) is 3.36.